The lowest BCUT2D eigenvalue weighted by Crippen LogP contribution is -2.15. The van der Waals surface area contributed by atoms with Crippen LogP contribution in [0.4, 0.5) is 0 Å². The monoisotopic (exact) mass is 324 g/mol. The third kappa shape index (κ3) is 3.68. The topological polar surface area (TPSA) is 44.8 Å². The van der Waals surface area contributed by atoms with Crippen molar-refractivity contribution in [1.82, 2.24) is 0 Å². The van der Waals surface area contributed by atoms with Crippen LogP contribution in [0.5, 0.6) is 17.2 Å². The second-order valence-corrected chi connectivity index (χ2v) is 6.28. The number of aryl methyl sites for hydroxylation is 1. The van der Waals surface area contributed by atoms with Gasteiger partial charge in [0.1, 0.15) is 19.0 Å². The van der Waals surface area contributed by atoms with Crippen LogP contribution >= 0.6 is 22.9 Å². The Morgan fingerprint density at radius 3 is 2.76 bits per heavy atom. The highest BCUT2D eigenvalue weighted by atomic mass is 35.5. The zero-order chi connectivity index (χ0) is 14.7. The lowest BCUT2D eigenvalue weighted by molar-refractivity contribution is -0.134. The third-order valence-corrected chi connectivity index (χ3v) is 4.24. The summed E-state index contributed by atoms with van der Waals surface area (Å²) >= 11 is 7.33. The average molecular weight is 325 g/mol. The van der Waals surface area contributed by atoms with Gasteiger partial charge in [-0.05, 0) is 30.7 Å². The highest BCUT2D eigenvalue weighted by Gasteiger charge is 2.14. The molecule has 0 saturated carbocycles. The first-order valence-corrected chi connectivity index (χ1v) is 7.75. The van der Waals surface area contributed by atoms with Gasteiger partial charge in [-0.15, -0.1) is 11.3 Å². The van der Waals surface area contributed by atoms with Crippen LogP contribution in [-0.2, 0) is 11.2 Å². The number of rotatable bonds is 4. The van der Waals surface area contributed by atoms with Crippen LogP contribution in [0.2, 0.25) is 4.34 Å². The smallest absolute Gasteiger partial charge is 0.311 e. The van der Waals surface area contributed by atoms with Crippen LogP contribution in [0, 0.1) is 0 Å². The van der Waals surface area contributed by atoms with Gasteiger partial charge in [-0.25, -0.2) is 0 Å². The first-order valence-electron chi connectivity index (χ1n) is 6.55. The largest absolute Gasteiger partial charge is 0.486 e. The summed E-state index contributed by atoms with van der Waals surface area (Å²) in [5.41, 5.74) is 0. The molecule has 2 heterocycles. The van der Waals surface area contributed by atoms with Crippen molar-refractivity contribution in [2.75, 3.05) is 13.2 Å². The van der Waals surface area contributed by atoms with Crippen LogP contribution in [-0.4, -0.2) is 19.2 Å². The van der Waals surface area contributed by atoms with E-state index in [4.69, 9.17) is 25.8 Å². The molecule has 1 aromatic heterocycles. The number of thiophene rings is 1. The van der Waals surface area contributed by atoms with E-state index in [0.29, 0.717) is 43.3 Å². The molecule has 1 aliphatic rings. The summed E-state index contributed by atoms with van der Waals surface area (Å²) in [5, 5.41) is 0. The van der Waals surface area contributed by atoms with Crippen molar-refractivity contribution >= 4 is 28.9 Å². The molecule has 3 rings (SSSR count). The maximum absolute atomic E-state index is 11.8. The maximum atomic E-state index is 11.8. The number of benzene rings is 1. The van der Waals surface area contributed by atoms with E-state index in [9.17, 15) is 4.79 Å². The highest BCUT2D eigenvalue weighted by Crippen LogP contribution is 2.33. The number of halogens is 1. The number of carbonyl (C=O) groups is 1. The SMILES string of the molecule is O=C(CCc1ccc(Cl)s1)Oc1ccc2c(c1)OCCO2. The van der Waals surface area contributed by atoms with Gasteiger partial charge in [0.2, 0.25) is 0 Å². The number of hydrogen-bond donors (Lipinski definition) is 0. The molecule has 0 bridgehead atoms. The van der Waals surface area contributed by atoms with E-state index in [1.165, 1.54) is 11.3 Å². The summed E-state index contributed by atoms with van der Waals surface area (Å²) < 4.78 is 16.9. The predicted octanol–water partition coefficient (Wildman–Crippen LogP) is 3.71. The highest BCUT2D eigenvalue weighted by molar-refractivity contribution is 7.16. The van der Waals surface area contributed by atoms with Gasteiger partial charge >= 0.3 is 5.97 Å². The van der Waals surface area contributed by atoms with Crippen LogP contribution in [0.25, 0.3) is 0 Å². The standard InChI is InChI=1S/C15H13ClO4S/c16-14-5-2-11(21-14)3-6-15(17)20-10-1-4-12-13(9-10)19-8-7-18-12/h1-2,4-5,9H,3,6-8H2. The van der Waals surface area contributed by atoms with E-state index >= 15 is 0 Å². The van der Waals surface area contributed by atoms with Gasteiger partial charge in [-0.3, -0.25) is 4.79 Å². The number of carbonyl (C=O) groups excluding carboxylic acids is 1. The fourth-order valence-corrected chi connectivity index (χ4v) is 3.07. The van der Waals surface area contributed by atoms with Crippen LogP contribution in [0.15, 0.2) is 30.3 Å². The summed E-state index contributed by atoms with van der Waals surface area (Å²) in [6, 6.07) is 8.87. The minimum Gasteiger partial charge on any atom is -0.486 e. The molecule has 0 unspecified atom stereocenters. The first-order chi connectivity index (χ1) is 10.2. The molecule has 0 atom stereocenters. The van der Waals surface area contributed by atoms with Gasteiger partial charge in [0, 0.05) is 10.9 Å². The molecular formula is C15H13ClO4S. The van der Waals surface area contributed by atoms with Gasteiger partial charge in [0.25, 0.3) is 0 Å². The fourth-order valence-electron chi connectivity index (χ4n) is 1.98. The van der Waals surface area contributed by atoms with E-state index in [1.54, 1.807) is 18.2 Å². The number of hydrogen-bond acceptors (Lipinski definition) is 5. The minimum absolute atomic E-state index is 0.281. The molecule has 110 valence electrons. The molecule has 0 amide bonds. The predicted molar refractivity (Wildman–Crippen MR) is 80.7 cm³/mol. The zero-order valence-corrected chi connectivity index (χ0v) is 12.7. The van der Waals surface area contributed by atoms with Crippen molar-refractivity contribution < 1.29 is 19.0 Å². The summed E-state index contributed by atoms with van der Waals surface area (Å²) in [5.74, 6) is 1.47. The Morgan fingerprint density at radius 1 is 1.19 bits per heavy atom. The molecule has 0 fully saturated rings. The normalized spacial score (nSPS) is 13.0. The molecule has 0 N–H and O–H groups in total. The van der Waals surface area contributed by atoms with E-state index in [2.05, 4.69) is 0 Å². The molecule has 0 aliphatic carbocycles. The van der Waals surface area contributed by atoms with Crippen LogP contribution in [0.1, 0.15) is 11.3 Å². The Labute approximate surface area is 131 Å². The van der Waals surface area contributed by atoms with Gasteiger partial charge < -0.3 is 14.2 Å². The summed E-state index contributed by atoms with van der Waals surface area (Å²) in [7, 11) is 0. The Hall–Kier alpha value is -1.72. The van der Waals surface area contributed by atoms with E-state index in [-0.39, 0.29) is 5.97 Å². The lowest BCUT2D eigenvalue weighted by Gasteiger charge is -2.18. The van der Waals surface area contributed by atoms with Gasteiger partial charge in [0.05, 0.1) is 10.8 Å². The maximum Gasteiger partial charge on any atom is 0.311 e. The Bertz CT molecular complexity index is 653. The lowest BCUT2D eigenvalue weighted by atomic mass is 10.2. The second kappa shape index (κ2) is 6.37. The Kier molecular flexibility index (Phi) is 4.31. The van der Waals surface area contributed by atoms with Crippen LogP contribution in [0.3, 0.4) is 0 Å². The molecule has 1 aromatic carbocycles. The molecule has 2 aromatic rings. The average Bonchev–Trinajstić information content (AvgIpc) is 2.91. The quantitative estimate of drug-likeness (QED) is 0.635. The number of esters is 1. The fraction of sp³-hybridized carbons (Fsp3) is 0.267. The second-order valence-electron chi connectivity index (χ2n) is 4.49. The third-order valence-electron chi connectivity index (χ3n) is 2.95. The van der Waals surface area contributed by atoms with E-state index in [1.807, 2.05) is 12.1 Å². The van der Waals surface area contributed by atoms with Crippen molar-refractivity contribution in [2.24, 2.45) is 0 Å². The summed E-state index contributed by atoms with van der Waals surface area (Å²) in [4.78, 5) is 12.9. The van der Waals surface area contributed by atoms with E-state index < -0.39 is 0 Å². The van der Waals surface area contributed by atoms with Crippen molar-refractivity contribution in [3.05, 3.63) is 39.5 Å². The first kappa shape index (κ1) is 14.2. The van der Waals surface area contributed by atoms with Crippen molar-refractivity contribution in [1.29, 1.82) is 0 Å². The molecule has 0 saturated heterocycles. The van der Waals surface area contributed by atoms with Crippen molar-refractivity contribution in [2.45, 2.75) is 12.8 Å². The molecule has 0 radical (unpaired) electrons. The van der Waals surface area contributed by atoms with Gasteiger partial charge in [-0.2, -0.15) is 0 Å². The molecule has 6 heteroatoms. The molecule has 1 aliphatic heterocycles. The van der Waals surface area contributed by atoms with E-state index in [0.717, 1.165) is 9.21 Å². The molecule has 0 spiro atoms. The summed E-state index contributed by atoms with van der Waals surface area (Å²) in [6.45, 7) is 1.04. The molecule has 21 heavy (non-hydrogen) atoms. The molecular weight excluding hydrogens is 312 g/mol. The number of fused-ring (bicyclic) bond motifs is 1. The van der Waals surface area contributed by atoms with Crippen LogP contribution < -0.4 is 14.2 Å². The number of ether oxygens (including phenoxy) is 3. The van der Waals surface area contributed by atoms with Gasteiger partial charge in [-0.1, -0.05) is 11.6 Å². The Morgan fingerprint density at radius 2 is 2.00 bits per heavy atom. The Balaban J connectivity index is 1.57. The minimum atomic E-state index is -0.281. The van der Waals surface area contributed by atoms with Crippen molar-refractivity contribution in [3.8, 4) is 17.2 Å². The zero-order valence-electron chi connectivity index (χ0n) is 11.1. The summed E-state index contributed by atoms with van der Waals surface area (Å²) in [6.07, 6.45) is 0.937. The van der Waals surface area contributed by atoms with Gasteiger partial charge in [0.15, 0.2) is 11.5 Å². The molecule has 4 nitrogen and oxygen atoms in total. The van der Waals surface area contributed by atoms with Crippen molar-refractivity contribution in [3.63, 3.8) is 0 Å².